The van der Waals surface area contributed by atoms with Gasteiger partial charge in [0.05, 0.1) is 11.6 Å². The highest BCUT2D eigenvalue weighted by Crippen LogP contribution is 2.25. The minimum absolute atomic E-state index is 0.0167. The molecule has 1 aliphatic rings. The van der Waals surface area contributed by atoms with Crippen LogP contribution in [0.2, 0.25) is 0 Å². The molecular formula is C19H19N9O. The second-order valence-corrected chi connectivity index (χ2v) is 7.19. The monoisotopic (exact) mass is 389 g/mol. The second kappa shape index (κ2) is 6.66. The minimum Gasteiger partial charge on any atom is -0.355 e. The Bertz CT molecular complexity index is 1210. The van der Waals surface area contributed by atoms with Crippen molar-refractivity contribution in [3.63, 3.8) is 0 Å². The van der Waals surface area contributed by atoms with Gasteiger partial charge >= 0.3 is 0 Å². The van der Waals surface area contributed by atoms with E-state index < -0.39 is 0 Å². The molecule has 5 rings (SSSR count). The van der Waals surface area contributed by atoms with Gasteiger partial charge in [-0.2, -0.15) is 20.5 Å². The topological polar surface area (TPSA) is 118 Å². The number of nitrogens with zero attached hydrogens (tertiary/aromatic N) is 7. The van der Waals surface area contributed by atoms with Crippen LogP contribution in [0.4, 0.5) is 11.5 Å². The van der Waals surface area contributed by atoms with E-state index in [1.807, 2.05) is 38.1 Å². The number of rotatable bonds is 4. The maximum atomic E-state index is 12.6. The van der Waals surface area contributed by atoms with Crippen molar-refractivity contribution in [2.75, 3.05) is 23.3 Å². The SMILES string of the molecule is Cc1cc(C)n(-c2cc(N3CC(C(=O)Nc4ccc5n[nH]nc5c4)C3)ncn2)n1. The number of aromatic amines is 1. The first-order chi connectivity index (χ1) is 14.1. The summed E-state index contributed by atoms with van der Waals surface area (Å²) in [4.78, 5) is 23.3. The number of anilines is 2. The van der Waals surface area contributed by atoms with Gasteiger partial charge in [-0.3, -0.25) is 4.79 Å². The van der Waals surface area contributed by atoms with Gasteiger partial charge in [0.25, 0.3) is 0 Å². The van der Waals surface area contributed by atoms with Gasteiger partial charge in [0.1, 0.15) is 23.2 Å². The van der Waals surface area contributed by atoms with Crippen LogP contribution in [0.5, 0.6) is 0 Å². The van der Waals surface area contributed by atoms with Gasteiger partial charge in [-0.15, -0.1) is 0 Å². The molecule has 3 aromatic heterocycles. The predicted octanol–water partition coefficient (Wildman–Crippen LogP) is 1.63. The van der Waals surface area contributed by atoms with Gasteiger partial charge in [-0.05, 0) is 38.1 Å². The lowest BCUT2D eigenvalue weighted by Crippen LogP contribution is -2.52. The number of fused-ring (bicyclic) bond motifs is 1. The van der Waals surface area contributed by atoms with Crippen LogP contribution in [-0.4, -0.2) is 54.2 Å². The highest BCUT2D eigenvalue weighted by Gasteiger charge is 2.33. The molecule has 1 aliphatic heterocycles. The Hall–Kier alpha value is -3.82. The van der Waals surface area contributed by atoms with Crippen molar-refractivity contribution in [1.82, 2.24) is 35.2 Å². The number of aryl methyl sites for hydroxylation is 2. The molecule has 29 heavy (non-hydrogen) atoms. The van der Waals surface area contributed by atoms with E-state index >= 15 is 0 Å². The fourth-order valence-electron chi connectivity index (χ4n) is 3.48. The number of carbonyl (C=O) groups is 1. The molecule has 0 radical (unpaired) electrons. The molecule has 2 N–H and O–H groups in total. The van der Waals surface area contributed by atoms with E-state index in [1.165, 1.54) is 6.33 Å². The molecule has 1 amide bonds. The molecule has 10 nitrogen and oxygen atoms in total. The number of carbonyl (C=O) groups excluding carboxylic acids is 1. The molecule has 4 aromatic rings. The minimum atomic E-state index is -0.102. The molecule has 1 saturated heterocycles. The van der Waals surface area contributed by atoms with E-state index in [4.69, 9.17) is 0 Å². The van der Waals surface area contributed by atoms with E-state index in [1.54, 1.807) is 10.7 Å². The molecule has 1 fully saturated rings. The summed E-state index contributed by atoms with van der Waals surface area (Å²) in [6.45, 7) is 5.14. The summed E-state index contributed by atoms with van der Waals surface area (Å²) < 4.78 is 1.80. The number of aromatic nitrogens is 7. The number of H-pyrrole nitrogens is 1. The van der Waals surface area contributed by atoms with Gasteiger partial charge in [-0.25, -0.2) is 14.6 Å². The van der Waals surface area contributed by atoms with Gasteiger partial charge in [0.15, 0.2) is 5.82 Å². The Morgan fingerprint density at radius 3 is 2.66 bits per heavy atom. The van der Waals surface area contributed by atoms with Crippen LogP contribution in [0.1, 0.15) is 11.4 Å². The molecule has 1 aromatic carbocycles. The maximum Gasteiger partial charge on any atom is 0.231 e. The summed E-state index contributed by atoms with van der Waals surface area (Å²) in [7, 11) is 0. The van der Waals surface area contributed by atoms with E-state index in [9.17, 15) is 4.79 Å². The van der Waals surface area contributed by atoms with Gasteiger partial charge in [0.2, 0.25) is 5.91 Å². The smallest absolute Gasteiger partial charge is 0.231 e. The third-order valence-electron chi connectivity index (χ3n) is 5.03. The lowest BCUT2D eigenvalue weighted by molar-refractivity contribution is -0.120. The van der Waals surface area contributed by atoms with Crippen LogP contribution >= 0.6 is 0 Å². The fraction of sp³-hybridized carbons (Fsp3) is 0.263. The molecule has 0 spiro atoms. The van der Waals surface area contributed by atoms with Crippen LogP contribution in [0.15, 0.2) is 36.7 Å². The molecule has 0 aliphatic carbocycles. The summed E-state index contributed by atoms with van der Waals surface area (Å²) in [5, 5.41) is 18.0. The van der Waals surface area contributed by atoms with Crippen molar-refractivity contribution in [3.8, 4) is 5.82 Å². The van der Waals surface area contributed by atoms with Crippen molar-refractivity contribution in [2.45, 2.75) is 13.8 Å². The summed E-state index contributed by atoms with van der Waals surface area (Å²) in [6.07, 6.45) is 1.53. The largest absolute Gasteiger partial charge is 0.355 e. The van der Waals surface area contributed by atoms with Crippen LogP contribution in [-0.2, 0) is 4.79 Å². The Balaban J connectivity index is 1.25. The number of hydrogen-bond acceptors (Lipinski definition) is 7. The van der Waals surface area contributed by atoms with Crippen LogP contribution < -0.4 is 10.2 Å². The van der Waals surface area contributed by atoms with Crippen molar-refractivity contribution in [2.24, 2.45) is 5.92 Å². The standard InChI is InChI=1S/C19H19N9O/c1-11-5-12(2)28(25-11)18-7-17(20-10-21-18)27-8-13(9-27)19(29)22-14-3-4-15-16(6-14)24-26-23-15/h3-7,10,13H,8-9H2,1-2H3,(H,22,29)(H,23,24,26). The lowest BCUT2D eigenvalue weighted by atomic mass is 9.99. The van der Waals surface area contributed by atoms with Crippen LogP contribution in [0.3, 0.4) is 0 Å². The van der Waals surface area contributed by atoms with Gasteiger partial charge in [-0.1, -0.05) is 0 Å². The molecule has 4 heterocycles. The van der Waals surface area contributed by atoms with E-state index in [-0.39, 0.29) is 11.8 Å². The van der Waals surface area contributed by atoms with Gasteiger partial charge in [0, 0.05) is 30.5 Å². The zero-order valence-electron chi connectivity index (χ0n) is 16.0. The number of nitrogens with one attached hydrogen (secondary N) is 2. The zero-order chi connectivity index (χ0) is 20.0. The normalized spacial score (nSPS) is 14.2. The number of benzene rings is 1. The van der Waals surface area contributed by atoms with E-state index in [0.717, 1.165) is 34.1 Å². The quantitative estimate of drug-likeness (QED) is 0.545. The molecule has 10 heteroatoms. The summed E-state index contributed by atoms with van der Waals surface area (Å²) in [6, 6.07) is 9.35. The van der Waals surface area contributed by atoms with Gasteiger partial charge < -0.3 is 10.2 Å². The third-order valence-corrected chi connectivity index (χ3v) is 5.03. The number of amides is 1. The molecular weight excluding hydrogens is 370 g/mol. The molecule has 0 unspecified atom stereocenters. The number of hydrogen-bond donors (Lipinski definition) is 2. The Morgan fingerprint density at radius 2 is 1.86 bits per heavy atom. The predicted molar refractivity (Wildman–Crippen MR) is 107 cm³/mol. The fourth-order valence-corrected chi connectivity index (χ4v) is 3.48. The highest BCUT2D eigenvalue weighted by molar-refractivity contribution is 5.95. The highest BCUT2D eigenvalue weighted by atomic mass is 16.2. The van der Waals surface area contributed by atoms with Crippen LogP contribution in [0.25, 0.3) is 16.9 Å². The lowest BCUT2D eigenvalue weighted by Gasteiger charge is -2.39. The average Bonchev–Trinajstić information content (AvgIpc) is 3.26. The molecule has 0 bridgehead atoms. The molecule has 0 saturated carbocycles. The Kier molecular flexibility index (Phi) is 3.97. The van der Waals surface area contributed by atoms with E-state index in [0.29, 0.717) is 18.8 Å². The third kappa shape index (κ3) is 3.18. The van der Waals surface area contributed by atoms with Crippen molar-refractivity contribution < 1.29 is 4.79 Å². The second-order valence-electron chi connectivity index (χ2n) is 7.19. The first-order valence-corrected chi connectivity index (χ1v) is 9.29. The first kappa shape index (κ1) is 17.3. The van der Waals surface area contributed by atoms with E-state index in [2.05, 4.69) is 40.7 Å². The Labute approximate surface area is 166 Å². The first-order valence-electron chi connectivity index (χ1n) is 9.29. The Morgan fingerprint density at radius 1 is 1.07 bits per heavy atom. The zero-order valence-corrected chi connectivity index (χ0v) is 16.0. The summed E-state index contributed by atoms with van der Waals surface area (Å²) in [5.74, 6) is 1.39. The maximum absolute atomic E-state index is 12.6. The van der Waals surface area contributed by atoms with Crippen molar-refractivity contribution in [1.29, 1.82) is 0 Å². The summed E-state index contributed by atoms with van der Waals surface area (Å²) >= 11 is 0. The van der Waals surface area contributed by atoms with Crippen LogP contribution in [0, 0.1) is 19.8 Å². The molecule has 146 valence electrons. The van der Waals surface area contributed by atoms with Crippen molar-refractivity contribution in [3.05, 3.63) is 48.0 Å². The average molecular weight is 389 g/mol. The summed E-state index contributed by atoms with van der Waals surface area (Å²) in [5.41, 5.74) is 4.14. The molecule has 0 atom stereocenters. The van der Waals surface area contributed by atoms with Crippen molar-refractivity contribution >= 4 is 28.4 Å².